The van der Waals surface area contributed by atoms with Crippen LogP contribution < -0.4 is 5.32 Å². The fourth-order valence-electron chi connectivity index (χ4n) is 2.57. The van der Waals surface area contributed by atoms with E-state index in [0.29, 0.717) is 6.04 Å². The monoisotopic (exact) mass is 290 g/mol. The van der Waals surface area contributed by atoms with E-state index in [1.807, 2.05) is 6.07 Å². The molecular formula is C15H22N4S. The Morgan fingerprint density at radius 3 is 2.75 bits per heavy atom. The summed E-state index contributed by atoms with van der Waals surface area (Å²) in [4.78, 5) is 9.57. The van der Waals surface area contributed by atoms with Gasteiger partial charge in [0.25, 0.3) is 0 Å². The molecule has 0 aliphatic carbocycles. The molecule has 2 heterocycles. The number of likely N-dealkylation sites (N-methyl/N-ethyl adjacent to an activating group) is 1. The van der Waals surface area contributed by atoms with Gasteiger partial charge in [0.15, 0.2) is 5.13 Å². The van der Waals surface area contributed by atoms with E-state index in [0.717, 1.165) is 17.2 Å². The number of anilines is 1. The van der Waals surface area contributed by atoms with Gasteiger partial charge < -0.3 is 10.2 Å². The van der Waals surface area contributed by atoms with E-state index in [4.69, 9.17) is 0 Å². The fraction of sp³-hybridized carbons (Fsp3) is 0.533. The van der Waals surface area contributed by atoms with Crippen LogP contribution in [0.15, 0.2) is 24.3 Å². The SMILES string of the molecule is CC(CNc1nc2ccccc2s1)N1CCN(C)CC1. The lowest BCUT2D eigenvalue weighted by molar-refractivity contribution is 0.123. The zero-order valence-corrected chi connectivity index (χ0v) is 13.0. The van der Waals surface area contributed by atoms with E-state index in [9.17, 15) is 0 Å². The zero-order chi connectivity index (χ0) is 13.9. The molecule has 0 spiro atoms. The van der Waals surface area contributed by atoms with Crippen LogP contribution in [0.1, 0.15) is 6.92 Å². The van der Waals surface area contributed by atoms with Crippen LogP contribution in [-0.4, -0.2) is 60.6 Å². The molecule has 20 heavy (non-hydrogen) atoms. The van der Waals surface area contributed by atoms with E-state index in [1.54, 1.807) is 11.3 Å². The van der Waals surface area contributed by atoms with Crippen LogP contribution in [0.25, 0.3) is 10.2 Å². The van der Waals surface area contributed by atoms with Crippen molar-refractivity contribution in [3.63, 3.8) is 0 Å². The first-order chi connectivity index (χ1) is 9.72. The molecule has 0 bridgehead atoms. The summed E-state index contributed by atoms with van der Waals surface area (Å²) in [7, 11) is 2.20. The molecule has 0 saturated carbocycles. The van der Waals surface area contributed by atoms with Gasteiger partial charge in [0.1, 0.15) is 0 Å². The number of benzene rings is 1. The van der Waals surface area contributed by atoms with E-state index in [-0.39, 0.29) is 0 Å². The number of hydrogen-bond acceptors (Lipinski definition) is 5. The minimum absolute atomic E-state index is 0.552. The first-order valence-electron chi connectivity index (χ1n) is 7.24. The van der Waals surface area contributed by atoms with E-state index < -0.39 is 0 Å². The molecule has 2 aromatic rings. The Hall–Kier alpha value is -1.17. The normalized spacial score (nSPS) is 19.3. The summed E-state index contributed by atoms with van der Waals surface area (Å²) in [5, 5.41) is 4.53. The van der Waals surface area contributed by atoms with Crippen LogP contribution in [0.3, 0.4) is 0 Å². The number of para-hydroxylation sites is 1. The molecule has 1 aliphatic rings. The van der Waals surface area contributed by atoms with Crippen LogP contribution in [0.2, 0.25) is 0 Å². The average Bonchev–Trinajstić information content (AvgIpc) is 2.88. The molecule has 1 N–H and O–H groups in total. The van der Waals surface area contributed by atoms with E-state index >= 15 is 0 Å². The summed E-state index contributed by atoms with van der Waals surface area (Å²) in [5.41, 5.74) is 1.09. The van der Waals surface area contributed by atoms with Crippen molar-refractivity contribution in [3.8, 4) is 0 Å². The van der Waals surface area contributed by atoms with Gasteiger partial charge in [-0.05, 0) is 26.1 Å². The summed E-state index contributed by atoms with van der Waals surface area (Å²) in [6, 6.07) is 8.86. The second-order valence-corrected chi connectivity index (χ2v) is 6.59. The molecule has 1 fully saturated rings. The topological polar surface area (TPSA) is 31.4 Å². The molecule has 0 radical (unpaired) electrons. The summed E-state index contributed by atoms with van der Waals surface area (Å²) < 4.78 is 1.25. The molecule has 1 aromatic heterocycles. The zero-order valence-electron chi connectivity index (χ0n) is 12.2. The van der Waals surface area contributed by atoms with Crippen molar-refractivity contribution in [2.24, 2.45) is 0 Å². The molecule has 0 amide bonds. The summed E-state index contributed by atoms with van der Waals surface area (Å²) in [5.74, 6) is 0. The van der Waals surface area contributed by atoms with Gasteiger partial charge in [-0.2, -0.15) is 0 Å². The highest BCUT2D eigenvalue weighted by molar-refractivity contribution is 7.22. The van der Waals surface area contributed by atoms with Crippen molar-refractivity contribution in [2.75, 3.05) is 45.1 Å². The largest absolute Gasteiger partial charge is 0.360 e. The minimum atomic E-state index is 0.552. The summed E-state index contributed by atoms with van der Waals surface area (Å²) in [6.45, 7) is 7.94. The number of nitrogens with zero attached hydrogens (tertiary/aromatic N) is 3. The minimum Gasteiger partial charge on any atom is -0.360 e. The van der Waals surface area contributed by atoms with Crippen LogP contribution in [0.5, 0.6) is 0 Å². The van der Waals surface area contributed by atoms with Gasteiger partial charge >= 0.3 is 0 Å². The lowest BCUT2D eigenvalue weighted by Crippen LogP contribution is -2.49. The Morgan fingerprint density at radius 2 is 2.00 bits per heavy atom. The maximum Gasteiger partial charge on any atom is 0.183 e. The Kier molecular flexibility index (Phi) is 4.19. The standard InChI is InChI=1S/C15H22N4S/c1-12(19-9-7-18(2)8-10-19)11-16-15-17-13-5-3-4-6-14(13)20-15/h3-6,12H,7-11H2,1-2H3,(H,16,17). The average molecular weight is 290 g/mol. The predicted molar refractivity (Wildman–Crippen MR) is 86.6 cm³/mol. The quantitative estimate of drug-likeness (QED) is 0.936. The third kappa shape index (κ3) is 3.11. The molecule has 1 saturated heterocycles. The Morgan fingerprint density at radius 1 is 1.25 bits per heavy atom. The first-order valence-corrected chi connectivity index (χ1v) is 8.06. The van der Waals surface area contributed by atoms with E-state index in [1.165, 1.54) is 30.9 Å². The van der Waals surface area contributed by atoms with E-state index in [2.05, 4.69) is 52.3 Å². The van der Waals surface area contributed by atoms with Crippen LogP contribution in [0, 0.1) is 0 Å². The maximum absolute atomic E-state index is 4.62. The number of thiazole rings is 1. The lowest BCUT2D eigenvalue weighted by atomic mass is 10.2. The maximum atomic E-state index is 4.62. The highest BCUT2D eigenvalue weighted by Gasteiger charge is 2.19. The van der Waals surface area contributed by atoms with Gasteiger partial charge in [-0.3, -0.25) is 4.90 Å². The third-order valence-electron chi connectivity index (χ3n) is 4.00. The number of aromatic nitrogens is 1. The second kappa shape index (κ2) is 6.08. The molecule has 1 atom stereocenters. The fourth-order valence-corrected chi connectivity index (χ4v) is 3.45. The Labute approximate surface area is 124 Å². The number of hydrogen-bond donors (Lipinski definition) is 1. The van der Waals surface area contributed by atoms with Crippen molar-refractivity contribution in [2.45, 2.75) is 13.0 Å². The van der Waals surface area contributed by atoms with Crippen molar-refractivity contribution in [1.82, 2.24) is 14.8 Å². The molecule has 1 aromatic carbocycles. The Balaban J connectivity index is 1.56. The van der Waals surface area contributed by atoms with Crippen molar-refractivity contribution >= 4 is 26.7 Å². The van der Waals surface area contributed by atoms with Gasteiger partial charge in [-0.25, -0.2) is 4.98 Å². The highest BCUT2D eigenvalue weighted by atomic mass is 32.1. The van der Waals surface area contributed by atoms with Gasteiger partial charge in [-0.15, -0.1) is 0 Å². The lowest BCUT2D eigenvalue weighted by Gasteiger charge is -2.36. The van der Waals surface area contributed by atoms with Crippen LogP contribution >= 0.6 is 11.3 Å². The first kappa shape index (κ1) is 13.8. The van der Waals surface area contributed by atoms with Gasteiger partial charge in [0.2, 0.25) is 0 Å². The molecular weight excluding hydrogens is 268 g/mol. The Bertz CT molecular complexity index is 527. The van der Waals surface area contributed by atoms with Crippen molar-refractivity contribution in [1.29, 1.82) is 0 Å². The third-order valence-corrected chi connectivity index (χ3v) is 5.00. The van der Waals surface area contributed by atoms with Gasteiger partial charge in [0, 0.05) is 38.8 Å². The molecule has 108 valence electrons. The smallest absolute Gasteiger partial charge is 0.183 e. The summed E-state index contributed by atoms with van der Waals surface area (Å²) >= 11 is 1.74. The van der Waals surface area contributed by atoms with Crippen molar-refractivity contribution in [3.05, 3.63) is 24.3 Å². The molecule has 1 aliphatic heterocycles. The second-order valence-electron chi connectivity index (χ2n) is 5.56. The number of piperazine rings is 1. The molecule has 1 unspecified atom stereocenters. The van der Waals surface area contributed by atoms with Gasteiger partial charge in [0.05, 0.1) is 10.2 Å². The van der Waals surface area contributed by atoms with Crippen LogP contribution in [-0.2, 0) is 0 Å². The molecule has 5 heteroatoms. The molecule has 4 nitrogen and oxygen atoms in total. The number of rotatable bonds is 4. The predicted octanol–water partition coefficient (Wildman–Crippen LogP) is 2.34. The number of fused-ring (bicyclic) bond motifs is 1. The number of nitrogens with one attached hydrogen (secondary N) is 1. The summed E-state index contributed by atoms with van der Waals surface area (Å²) in [6.07, 6.45) is 0. The van der Waals surface area contributed by atoms with Crippen LogP contribution in [0.4, 0.5) is 5.13 Å². The molecule has 3 rings (SSSR count). The van der Waals surface area contributed by atoms with Gasteiger partial charge in [-0.1, -0.05) is 23.5 Å². The van der Waals surface area contributed by atoms with Crippen molar-refractivity contribution < 1.29 is 0 Å². The highest BCUT2D eigenvalue weighted by Crippen LogP contribution is 2.25.